The van der Waals surface area contributed by atoms with E-state index in [0.717, 1.165) is 34.6 Å². The minimum absolute atomic E-state index is 0. The smallest absolute Gasteiger partial charge is 0.250 e. The van der Waals surface area contributed by atoms with Crippen LogP contribution in [0.1, 0.15) is 13.3 Å². The lowest BCUT2D eigenvalue weighted by Crippen LogP contribution is -2.52. The number of thiophene rings is 1. The van der Waals surface area contributed by atoms with Gasteiger partial charge in [0.2, 0.25) is 5.91 Å². The van der Waals surface area contributed by atoms with Crippen LogP contribution in [0, 0.1) is 5.92 Å². The highest BCUT2D eigenvalue weighted by Crippen LogP contribution is 2.25. The van der Waals surface area contributed by atoms with E-state index in [1.165, 1.54) is 6.07 Å². The fraction of sp³-hybridized carbons (Fsp3) is 0.583. The normalized spacial score (nSPS) is 21.9. The molecule has 2 unspecified atom stereocenters. The highest BCUT2D eigenvalue weighted by atomic mass is 79.9. The van der Waals surface area contributed by atoms with Crippen LogP contribution in [-0.2, 0) is 14.8 Å². The van der Waals surface area contributed by atoms with Gasteiger partial charge >= 0.3 is 0 Å². The third-order valence-corrected chi connectivity index (χ3v) is 6.93. The lowest BCUT2D eigenvalue weighted by atomic mass is 9.95. The van der Waals surface area contributed by atoms with Crippen LogP contribution in [0.5, 0.6) is 0 Å². The van der Waals surface area contributed by atoms with E-state index in [2.05, 4.69) is 38.2 Å². The fourth-order valence-corrected chi connectivity index (χ4v) is 5.15. The Kier molecular flexibility index (Phi) is 7.76. The monoisotopic (exact) mass is 431 g/mol. The van der Waals surface area contributed by atoms with Crippen molar-refractivity contribution in [2.45, 2.75) is 23.6 Å². The predicted molar refractivity (Wildman–Crippen MR) is 93.0 cm³/mol. The maximum Gasteiger partial charge on any atom is 0.250 e. The summed E-state index contributed by atoms with van der Waals surface area (Å²) in [6.45, 7) is 3.51. The summed E-state index contributed by atoms with van der Waals surface area (Å²) >= 11 is 4.32. The van der Waals surface area contributed by atoms with Crippen molar-refractivity contribution in [2.24, 2.45) is 5.92 Å². The second-order valence-corrected chi connectivity index (χ2v) is 9.48. The molecule has 0 radical (unpaired) electrons. The third kappa shape index (κ3) is 5.47. The molecule has 6 nitrogen and oxygen atoms in total. The SMILES string of the molecule is CC1CCNCC1NC(=O)CNS(=O)(=O)c1ccc(Br)s1.Cl. The number of hydrogen-bond acceptors (Lipinski definition) is 5. The molecule has 0 aliphatic carbocycles. The van der Waals surface area contributed by atoms with Gasteiger partial charge in [0.05, 0.1) is 10.3 Å². The van der Waals surface area contributed by atoms with Gasteiger partial charge in [0.15, 0.2) is 0 Å². The molecule has 0 bridgehead atoms. The standard InChI is InChI=1S/C12H18BrN3O3S2.ClH/c1-8-4-5-14-6-9(8)16-11(17)7-15-21(18,19)12-3-2-10(13)20-12;/h2-3,8-9,14-15H,4-7H2,1H3,(H,16,17);1H. The number of hydrogen-bond donors (Lipinski definition) is 3. The van der Waals surface area contributed by atoms with Crippen molar-refractivity contribution in [3.63, 3.8) is 0 Å². The van der Waals surface area contributed by atoms with Gasteiger partial charge in [0, 0.05) is 12.6 Å². The van der Waals surface area contributed by atoms with E-state index < -0.39 is 10.0 Å². The first-order valence-corrected chi connectivity index (χ1v) is 9.73. The lowest BCUT2D eigenvalue weighted by Gasteiger charge is -2.30. The Bertz CT molecular complexity index is 609. The number of piperidine rings is 1. The van der Waals surface area contributed by atoms with Gasteiger partial charge in [-0.05, 0) is 46.9 Å². The quantitative estimate of drug-likeness (QED) is 0.655. The zero-order chi connectivity index (χ0) is 15.5. The van der Waals surface area contributed by atoms with E-state index in [4.69, 9.17) is 0 Å². The van der Waals surface area contributed by atoms with Crippen molar-refractivity contribution in [2.75, 3.05) is 19.6 Å². The van der Waals surface area contributed by atoms with Crippen LogP contribution < -0.4 is 15.4 Å². The molecular formula is C12H19BrClN3O3S2. The van der Waals surface area contributed by atoms with Crippen molar-refractivity contribution in [1.82, 2.24) is 15.4 Å². The fourth-order valence-electron chi connectivity index (χ4n) is 2.11. The van der Waals surface area contributed by atoms with Gasteiger partial charge in [-0.25, -0.2) is 13.1 Å². The summed E-state index contributed by atoms with van der Waals surface area (Å²) in [4.78, 5) is 11.9. The van der Waals surface area contributed by atoms with Crippen molar-refractivity contribution < 1.29 is 13.2 Å². The maximum absolute atomic E-state index is 12.0. The Labute approximate surface area is 149 Å². The van der Waals surface area contributed by atoms with E-state index in [-0.39, 0.29) is 35.1 Å². The number of amides is 1. The van der Waals surface area contributed by atoms with Crippen LogP contribution in [0.4, 0.5) is 0 Å². The largest absolute Gasteiger partial charge is 0.351 e. The summed E-state index contributed by atoms with van der Waals surface area (Å²) in [5, 5.41) is 6.08. The van der Waals surface area contributed by atoms with Gasteiger partial charge in [-0.2, -0.15) is 0 Å². The van der Waals surface area contributed by atoms with Crippen LogP contribution >= 0.6 is 39.7 Å². The Morgan fingerprint density at radius 2 is 2.23 bits per heavy atom. The first-order chi connectivity index (χ1) is 9.88. The second kappa shape index (κ2) is 8.60. The summed E-state index contributed by atoms with van der Waals surface area (Å²) in [7, 11) is -3.63. The number of carbonyl (C=O) groups excluding carboxylic acids is 1. The molecule has 0 spiro atoms. The Morgan fingerprint density at radius 1 is 1.50 bits per heavy atom. The van der Waals surface area contributed by atoms with Crippen molar-refractivity contribution in [3.8, 4) is 0 Å². The number of halogens is 2. The molecule has 2 heterocycles. The Morgan fingerprint density at radius 3 is 2.82 bits per heavy atom. The molecule has 1 aliphatic heterocycles. The van der Waals surface area contributed by atoms with Crippen LogP contribution in [0.3, 0.4) is 0 Å². The molecule has 3 N–H and O–H groups in total. The summed E-state index contributed by atoms with van der Waals surface area (Å²) < 4.78 is 27.2. The molecule has 1 fully saturated rings. The maximum atomic E-state index is 12.0. The van der Waals surface area contributed by atoms with Crippen molar-refractivity contribution >= 4 is 55.6 Å². The molecule has 10 heteroatoms. The molecule has 1 aromatic heterocycles. The molecule has 0 saturated carbocycles. The highest BCUT2D eigenvalue weighted by molar-refractivity contribution is 9.11. The molecule has 1 saturated heterocycles. The zero-order valence-corrected chi connectivity index (χ0v) is 16.0. The third-order valence-electron chi connectivity index (χ3n) is 3.41. The number of carbonyl (C=O) groups is 1. The molecule has 2 rings (SSSR count). The van der Waals surface area contributed by atoms with E-state index in [0.29, 0.717) is 5.92 Å². The first kappa shape index (κ1) is 19.9. The minimum atomic E-state index is -3.63. The van der Waals surface area contributed by atoms with Gasteiger partial charge in [-0.1, -0.05) is 6.92 Å². The van der Waals surface area contributed by atoms with Crippen molar-refractivity contribution in [1.29, 1.82) is 0 Å². The van der Waals surface area contributed by atoms with E-state index in [9.17, 15) is 13.2 Å². The van der Waals surface area contributed by atoms with Crippen molar-refractivity contribution in [3.05, 3.63) is 15.9 Å². The summed E-state index contributed by atoms with van der Waals surface area (Å²) in [5.41, 5.74) is 0. The topological polar surface area (TPSA) is 87.3 Å². The molecular weight excluding hydrogens is 414 g/mol. The van der Waals surface area contributed by atoms with Crippen LogP contribution in [-0.4, -0.2) is 40.0 Å². The average molecular weight is 433 g/mol. The second-order valence-electron chi connectivity index (χ2n) is 5.03. The lowest BCUT2D eigenvalue weighted by molar-refractivity contribution is -0.121. The molecule has 1 aliphatic rings. The summed E-state index contributed by atoms with van der Waals surface area (Å²) in [6, 6.07) is 3.21. The minimum Gasteiger partial charge on any atom is -0.351 e. The van der Waals surface area contributed by atoms with E-state index >= 15 is 0 Å². The van der Waals surface area contributed by atoms with Gasteiger partial charge in [-0.3, -0.25) is 4.79 Å². The van der Waals surface area contributed by atoms with Crippen LogP contribution in [0.25, 0.3) is 0 Å². The molecule has 1 aromatic rings. The predicted octanol–water partition coefficient (Wildman–Crippen LogP) is 1.32. The van der Waals surface area contributed by atoms with Gasteiger partial charge in [-0.15, -0.1) is 23.7 Å². The summed E-state index contributed by atoms with van der Waals surface area (Å²) in [5.74, 6) is 0.0785. The van der Waals surface area contributed by atoms with E-state index in [1.54, 1.807) is 6.07 Å². The zero-order valence-electron chi connectivity index (χ0n) is 12.0. The van der Waals surface area contributed by atoms with Crippen LogP contribution in [0.2, 0.25) is 0 Å². The molecule has 0 aromatic carbocycles. The highest BCUT2D eigenvalue weighted by Gasteiger charge is 2.23. The Balaban J connectivity index is 0.00000242. The Hall–Kier alpha value is -0.190. The average Bonchev–Trinajstić information content (AvgIpc) is 2.87. The van der Waals surface area contributed by atoms with Gasteiger partial charge in [0.25, 0.3) is 10.0 Å². The van der Waals surface area contributed by atoms with E-state index in [1.807, 2.05) is 0 Å². The summed E-state index contributed by atoms with van der Waals surface area (Å²) in [6.07, 6.45) is 1.000. The first-order valence-electron chi connectivity index (χ1n) is 6.63. The van der Waals surface area contributed by atoms with Gasteiger partial charge in [0.1, 0.15) is 4.21 Å². The number of sulfonamides is 1. The number of rotatable bonds is 5. The molecule has 22 heavy (non-hydrogen) atoms. The molecule has 2 atom stereocenters. The molecule has 126 valence electrons. The molecule has 1 amide bonds. The number of nitrogens with one attached hydrogen (secondary N) is 3. The van der Waals surface area contributed by atoms with Crippen LogP contribution in [0.15, 0.2) is 20.1 Å². The van der Waals surface area contributed by atoms with Gasteiger partial charge < -0.3 is 10.6 Å².